The molecule has 5 heteroatoms. The van der Waals surface area contributed by atoms with Crippen LogP contribution in [0.3, 0.4) is 0 Å². The molecule has 0 fully saturated rings. The molecule has 0 spiro atoms. The highest BCUT2D eigenvalue weighted by atomic mass is 79.9. The van der Waals surface area contributed by atoms with E-state index < -0.39 is 0 Å². The predicted octanol–water partition coefficient (Wildman–Crippen LogP) is 2.18. The van der Waals surface area contributed by atoms with Crippen molar-refractivity contribution in [1.82, 2.24) is 14.1 Å². The van der Waals surface area contributed by atoms with Crippen LogP contribution >= 0.6 is 15.9 Å². The van der Waals surface area contributed by atoms with Gasteiger partial charge in [-0.2, -0.15) is 0 Å². The summed E-state index contributed by atoms with van der Waals surface area (Å²) in [6.07, 6.45) is 5.39. The third-order valence-corrected chi connectivity index (χ3v) is 3.14. The van der Waals surface area contributed by atoms with Gasteiger partial charge in [0.15, 0.2) is 0 Å². The normalized spacial score (nSPS) is 10.8. The van der Waals surface area contributed by atoms with E-state index in [9.17, 15) is 4.79 Å². The summed E-state index contributed by atoms with van der Waals surface area (Å²) in [6.45, 7) is 5.28. The van der Waals surface area contributed by atoms with Gasteiger partial charge in [-0.15, -0.1) is 0 Å². The van der Waals surface area contributed by atoms with Gasteiger partial charge >= 0.3 is 0 Å². The molecule has 2 rings (SSSR count). The van der Waals surface area contributed by atoms with Gasteiger partial charge in [-0.1, -0.05) is 0 Å². The van der Waals surface area contributed by atoms with E-state index in [-0.39, 0.29) is 5.56 Å². The molecule has 0 N–H and O–H groups in total. The van der Waals surface area contributed by atoms with Crippen molar-refractivity contribution in [3.05, 3.63) is 50.9 Å². The second kappa shape index (κ2) is 4.87. The van der Waals surface area contributed by atoms with Crippen molar-refractivity contribution in [2.75, 3.05) is 0 Å². The molecule has 0 amide bonds. The Labute approximate surface area is 108 Å². The standard InChI is InChI=1S/C12H14BrN3O/c1-3-15-8-14-5-11(15)7-16-6-10(13)4-9(2)12(16)17/h4-6,8H,3,7H2,1-2H3. The maximum absolute atomic E-state index is 12.0. The van der Waals surface area contributed by atoms with E-state index >= 15 is 0 Å². The Morgan fingerprint density at radius 1 is 1.41 bits per heavy atom. The first kappa shape index (κ1) is 12.1. The summed E-state index contributed by atoms with van der Waals surface area (Å²) in [5.41, 5.74) is 1.81. The number of imidazole rings is 1. The smallest absolute Gasteiger partial charge is 0.253 e. The Hall–Kier alpha value is -1.36. The number of hydrogen-bond donors (Lipinski definition) is 0. The molecule has 0 unspecified atom stereocenters. The van der Waals surface area contributed by atoms with Crippen molar-refractivity contribution in [2.24, 2.45) is 0 Å². The molecular formula is C12H14BrN3O. The molecule has 0 aliphatic carbocycles. The molecule has 2 heterocycles. The first-order valence-electron chi connectivity index (χ1n) is 5.47. The zero-order valence-corrected chi connectivity index (χ0v) is 11.4. The minimum Gasteiger partial charge on any atom is -0.333 e. The van der Waals surface area contributed by atoms with E-state index in [4.69, 9.17) is 0 Å². The van der Waals surface area contributed by atoms with Crippen LogP contribution in [0.5, 0.6) is 0 Å². The third kappa shape index (κ3) is 2.49. The molecule has 2 aromatic heterocycles. The second-order valence-electron chi connectivity index (χ2n) is 3.95. The van der Waals surface area contributed by atoms with E-state index in [0.717, 1.165) is 22.3 Å². The highest BCUT2D eigenvalue weighted by Gasteiger charge is 2.05. The fourth-order valence-corrected chi connectivity index (χ4v) is 2.39. The maximum atomic E-state index is 12.0. The average molecular weight is 296 g/mol. The quantitative estimate of drug-likeness (QED) is 0.871. The molecule has 0 atom stereocenters. The Morgan fingerprint density at radius 3 is 2.88 bits per heavy atom. The molecule has 0 bridgehead atoms. The summed E-state index contributed by atoms with van der Waals surface area (Å²) in [5.74, 6) is 0. The Balaban J connectivity index is 2.40. The number of rotatable bonds is 3. The molecule has 4 nitrogen and oxygen atoms in total. The molecular weight excluding hydrogens is 282 g/mol. The van der Waals surface area contributed by atoms with Gasteiger partial charge in [0.2, 0.25) is 0 Å². The number of aromatic nitrogens is 3. The summed E-state index contributed by atoms with van der Waals surface area (Å²) >= 11 is 3.40. The largest absolute Gasteiger partial charge is 0.333 e. The van der Waals surface area contributed by atoms with E-state index in [1.54, 1.807) is 17.1 Å². The molecule has 0 saturated carbocycles. The van der Waals surface area contributed by atoms with Crippen molar-refractivity contribution in [3.63, 3.8) is 0 Å². The molecule has 0 aromatic carbocycles. The molecule has 17 heavy (non-hydrogen) atoms. The SMILES string of the molecule is CCn1cncc1Cn1cc(Br)cc(C)c1=O. The first-order valence-corrected chi connectivity index (χ1v) is 6.26. The van der Waals surface area contributed by atoms with Gasteiger partial charge in [-0.3, -0.25) is 4.79 Å². The lowest BCUT2D eigenvalue weighted by atomic mass is 10.3. The summed E-state index contributed by atoms with van der Waals surface area (Å²) in [7, 11) is 0. The lowest BCUT2D eigenvalue weighted by Crippen LogP contribution is -2.23. The van der Waals surface area contributed by atoms with Crippen LogP contribution in [0.1, 0.15) is 18.2 Å². The Kier molecular flexibility index (Phi) is 3.47. The molecule has 0 aliphatic rings. The average Bonchev–Trinajstić information content (AvgIpc) is 2.72. The van der Waals surface area contributed by atoms with Gasteiger partial charge in [0, 0.05) is 29.0 Å². The van der Waals surface area contributed by atoms with Crippen LogP contribution in [0, 0.1) is 6.92 Å². The minimum absolute atomic E-state index is 0.0389. The van der Waals surface area contributed by atoms with Crippen LogP contribution in [0.2, 0.25) is 0 Å². The fourth-order valence-electron chi connectivity index (χ4n) is 1.80. The highest BCUT2D eigenvalue weighted by molar-refractivity contribution is 9.10. The third-order valence-electron chi connectivity index (χ3n) is 2.70. The molecule has 0 saturated heterocycles. The Bertz CT molecular complexity index is 586. The lowest BCUT2D eigenvalue weighted by Gasteiger charge is -2.09. The number of pyridine rings is 1. The van der Waals surface area contributed by atoms with Crippen LogP contribution in [-0.2, 0) is 13.1 Å². The van der Waals surface area contributed by atoms with Crippen LogP contribution in [0.25, 0.3) is 0 Å². The number of nitrogens with zero attached hydrogens (tertiary/aromatic N) is 3. The van der Waals surface area contributed by atoms with E-state index in [1.165, 1.54) is 0 Å². The zero-order valence-electron chi connectivity index (χ0n) is 9.85. The van der Waals surface area contributed by atoms with Gasteiger partial charge in [-0.05, 0) is 35.8 Å². The van der Waals surface area contributed by atoms with Crippen molar-refractivity contribution in [1.29, 1.82) is 0 Å². The van der Waals surface area contributed by atoms with Gasteiger partial charge in [0.1, 0.15) is 0 Å². The number of halogens is 1. The first-order chi connectivity index (χ1) is 8.11. The minimum atomic E-state index is 0.0389. The number of aryl methyl sites for hydroxylation is 2. The molecule has 0 aliphatic heterocycles. The summed E-state index contributed by atoms with van der Waals surface area (Å²) < 4.78 is 4.64. The summed E-state index contributed by atoms with van der Waals surface area (Å²) in [6, 6.07) is 1.83. The van der Waals surface area contributed by atoms with Crippen LogP contribution < -0.4 is 5.56 Å². The lowest BCUT2D eigenvalue weighted by molar-refractivity contribution is 0.653. The van der Waals surface area contributed by atoms with Crippen LogP contribution in [-0.4, -0.2) is 14.1 Å². The van der Waals surface area contributed by atoms with Gasteiger partial charge < -0.3 is 9.13 Å². The second-order valence-corrected chi connectivity index (χ2v) is 4.86. The van der Waals surface area contributed by atoms with Gasteiger partial charge in [0.05, 0.1) is 18.6 Å². The van der Waals surface area contributed by atoms with Crippen LogP contribution in [0.4, 0.5) is 0 Å². The molecule has 90 valence electrons. The molecule has 2 aromatic rings. The zero-order chi connectivity index (χ0) is 12.4. The fraction of sp³-hybridized carbons (Fsp3) is 0.333. The van der Waals surface area contributed by atoms with E-state index in [2.05, 4.69) is 27.8 Å². The monoisotopic (exact) mass is 295 g/mol. The van der Waals surface area contributed by atoms with Crippen molar-refractivity contribution >= 4 is 15.9 Å². The van der Waals surface area contributed by atoms with Gasteiger partial charge in [-0.25, -0.2) is 4.98 Å². The Morgan fingerprint density at radius 2 is 2.18 bits per heavy atom. The van der Waals surface area contributed by atoms with E-state index in [1.807, 2.05) is 23.8 Å². The topological polar surface area (TPSA) is 39.8 Å². The van der Waals surface area contributed by atoms with Gasteiger partial charge in [0.25, 0.3) is 5.56 Å². The van der Waals surface area contributed by atoms with Crippen molar-refractivity contribution < 1.29 is 0 Å². The highest BCUT2D eigenvalue weighted by Crippen LogP contribution is 2.09. The van der Waals surface area contributed by atoms with E-state index in [0.29, 0.717) is 6.54 Å². The summed E-state index contributed by atoms with van der Waals surface area (Å²) in [5, 5.41) is 0. The maximum Gasteiger partial charge on any atom is 0.253 e. The summed E-state index contributed by atoms with van der Waals surface area (Å²) in [4.78, 5) is 16.1. The van der Waals surface area contributed by atoms with Crippen LogP contribution in [0.15, 0.2) is 34.1 Å². The van der Waals surface area contributed by atoms with Crippen molar-refractivity contribution in [2.45, 2.75) is 26.9 Å². The number of hydrogen-bond acceptors (Lipinski definition) is 2. The predicted molar refractivity (Wildman–Crippen MR) is 70.1 cm³/mol. The molecule has 0 radical (unpaired) electrons. The van der Waals surface area contributed by atoms with Crippen molar-refractivity contribution in [3.8, 4) is 0 Å².